The molecule has 142 valence electrons. The molecule has 1 aliphatic heterocycles. The van der Waals surface area contributed by atoms with Crippen molar-refractivity contribution in [3.8, 4) is 0 Å². The van der Waals surface area contributed by atoms with Gasteiger partial charge in [0, 0.05) is 30.6 Å². The van der Waals surface area contributed by atoms with Crippen LogP contribution in [0.25, 0.3) is 5.57 Å². The van der Waals surface area contributed by atoms with Gasteiger partial charge in [0.05, 0.1) is 0 Å². The summed E-state index contributed by atoms with van der Waals surface area (Å²) < 4.78 is 22.7. The van der Waals surface area contributed by atoms with E-state index in [9.17, 15) is 13.2 Å². The number of rotatable bonds is 4. The number of nitrogens with zero attached hydrogens (tertiary/aromatic N) is 1. The van der Waals surface area contributed by atoms with Gasteiger partial charge in [0.1, 0.15) is 5.75 Å². The molecule has 0 spiro atoms. The van der Waals surface area contributed by atoms with Crippen molar-refractivity contribution in [2.75, 3.05) is 30.8 Å². The minimum atomic E-state index is -3.27. The fourth-order valence-corrected chi connectivity index (χ4v) is 4.60. The second kappa shape index (κ2) is 7.82. The summed E-state index contributed by atoms with van der Waals surface area (Å²) in [5.74, 6) is -0.283. The van der Waals surface area contributed by atoms with Crippen LogP contribution in [0.15, 0.2) is 24.3 Å². The Labute approximate surface area is 156 Å². The highest BCUT2D eigenvalue weighted by molar-refractivity contribution is 7.91. The van der Waals surface area contributed by atoms with Gasteiger partial charge in [0.25, 0.3) is 0 Å². The van der Waals surface area contributed by atoms with Gasteiger partial charge in [-0.25, -0.2) is 8.42 Å². The van der Waals surface area contributed by atoms with Crippen molar-refractivity contribution >= 4 is 27.0 Å². The van der Waals surface area contributed by atoms with E-state index in [2.05, 4.69) is 18.2 Å². The zero-order chi connectivity index (χ0) is 18.7. The Balaban J connectivity index is 1.68. The van der Waals surface area contributed by atoms with Crippen LogP contribution in [-0.4, -0.2) is 44.3 Å². The Kier molecular flexibility index (Phi) is 5.70. The molecular formula is C20H28N2O3S. The first-order chi connectivity index (χ1) is 12.3. The van der Waals surface area contributed by atoms with E-state index in [1.54, 1.807) is 4.90 Å². The highest BCUT2D eigenvalue weighted by atomic mass is 32.2. The molecule has 1 aromatic rings. The normalized spacial score (nSPS) is 19.3. The molecular weight excluding hydrogens is 348 g/mol. The van der Waals surface area contributed by atoms with Crippen LogP contribution in [0.1, 0.15) is 55.6 Å². The third-order valence-corrected chi connectivity index (χ3v) is 6.19. The van der Waals surface area contributed by atoms with Gasteiger partial charge in [-0.15, -0.1) is 0 Å². The number of sulfone groups is 1. The average molecular weight is 377 g/mol. The van der Waals surface area contributed by atoms with Crippen molar-refractivity contribution in [1.82, 2.24) is 4.90 Å². The number of nitrogen functional groups attached to an aromatic ring is 1. The molecule has 3 rings (SSSR count). The largest absolute Gasteiger partial charge is 0.398 e. The summed E-state index contributed by atoms with van der Waals surface area (Å²) in [5.41, 5.74) is 10.9. The van der Waals surface area contributed by atoms with E-state index < -0.39 is 15.6 Å². The van der Waals surface area contributed by atoms with Crippen LogP contribution >= 0.6 is 0 Å². The van der Waals surface area contributed by atoms with Crippen LogP contribution in [-0.2, 0) is 14.6 Å². The molecule has 0 radical (unpaired) electrons. The molecule has 1 amide bonds. The number of likely N-dealkylation sites (tertiary alicyclic amines) is 1. The molecule has 0 saturated carbocycles. The second-order valence-corrected chi connectivity index (χ2v) is 9.69. The van der Waals surface area contributed by atoms with Crippen LogP contribution in [0.4, 0.5) is 5.69 Å². The zero-order valence-corrected chi connectivity index (χ0v) is 16.2. The maximum atomic E-state index is 12.1. The molecule has 1 aliphatic carbocycles. The van der Waals surface area contributed by atoms with Crippen molar-refractivity contribution in [1.29, 1.82) is 0 Å². The molecule has 0 bridgehead atoms. The summed E-state index contributed by atoms with van der Waals surface area (Å²) in [5, 5.41) is 0. The maximum Gasteiger partial charge on any atom is 0.237 e. The lowest BCUT2D eigenvalue weighted by atomic mass is 9.85. The molecule has 1 aromatic carbocycles. The van der Waals surface area contributed by atoms with Crippen LogP contribution in [0.3, 0.4) is 0 Å². The summed E-state index contributed by atoms with van der Waals surface area (Å²) in [6, 6.07) is 6.33. The summed E-state index contributed by atoms with van der Waals surface area (Å²) in [6.45, 7) is 1.23. The number of piperidine rings is 1. The molecule has 0 atom stereocenters. The van der Waals surface area contributed by atoms with E-state index in [-0.39, 0.29) is 5.91 Å². The predicted octanol–water partition coefficient (Wildman–Crippen LogP) is 2.98. The Hall–Kier alpha value is -1.82. The van der Waals surface area contributed by atoms with Crippen molar-refractivity contribution < 1.29 is 13.2 Å². The lowest BCUT2D eigenvalue weighted by molar-refractivity contribution is -0.129. The monoisotopic (exact) mass is 376 g/mol. The molecule has 2 N–H and O–H groups in total. The number of anilines is 1. The minimum absolute atomic E-state index is 0.281. The Morgan fingerprint density at radius 2 is 1.96 bits per heavy atom. The highest BCUT2D eigenvalue weighted by Gasteiger charge is 2.26. The number of carbonyl (C=O) groups excluding carboxylic acids is 1. The van der Waals surface area contributed by atoms with Crippen molar-refractivity contribution in [3.05, 3.63) is 35.4 Å². The Morgan fingerprint density at radius 1 is 1.23 bits per heavy atom. The quantitative estimate of drug-likeness (QED) is 0.819. The number of nitrogens with two attached hydrogens (primary N) is 1. The molecule has 5 nitrogen and oxygen atoms in total. The Morgan fingerprint density at radius 3 is 2.58 bits per heavy atom. The van der Waals surface area contributed by atoms with E-state index in [1.807, 2.05) is 6.07 Å². The van der Waals surface area contributed by atoms with Gasteiger partial charge in [-0.05, 0) is 67.7 Å². The Bertz CT molecular complexity index is 806. The molecule has 26 heavy (non-hydrogen) atoms. The van der Waals surface area contributed by atoms with Crippen LogP contribution in [0.5, 0.6) is 0 Å². The summed E-state index contributed by atoms with van der Waals surface area (Å²) >= 11 is 0. The molecule has 0 aromatic heterocycles. The highest BCUT2D eigenvalue weighted by Crippen LogP contribution is 2.35. The van der Waals surface area contributed by atoms with Crippen LogP contribution in [0.2, 0.25) is 0 Å². The zero-order valence-electron chi connectivity index (χ0n) is 15.4. The van der Waals surface area contributed by atoms with Crippen molar-refractivity contribution in [2.45, 2.75) is 44.4 Å². The smallest absolute Gasteiger partial charge is 0.237 e. The molecule has 1 saturated heterocycles. The maximum absolute atomic E-state index is 12.1. The van der Waals surface area contributed by atoms with Gasteiger partial charge in [-0.3, -0.25) is 4.79 Å². The van der Waals surface area contributed by atoms with Gasteiger partial charge in [-0.1, -0.05) is 12.1 Å². The number of hydrogen-bond acceptors (Lipinski definition) is 4. The van der Waals surface area contributed by atoms with Crippen LogP contribution in [0, 0.1) is 0 Å². The van der Waals surface area contributed by atoms with E-state index in [0.29, 0.717) is 19.0 Å². The summed E-state index contributed by atoms with van der Waals surface area (Å²) in [4.78, 5) is 13.8. The number of hydrogen-bond donors (Lipinski definition) is 1. The van der Waals surface area contributed by atoms with Crippen LogP contribution < -0.4 is 5.73 Å². The first-order valence-corrected chi connectivity index (χ1v) is 11.4. The third-order valence-electron chi connectivity index (χ3n) is 5.42. The van der Waals surface area contributed by atoms with Crippen molar-refractivity contribution in [3.63, 3.8) is 0 Å². The predicted molar refractivity (Wildman–Crippen MR) is 106 cm³/mol. The number of benzene rings is 1. The molecule has 2 aliphatic rings. The number of amides is 1. The SMILES string of the molecule is CS(=O)(=O)CC(=O)N1CCC(c2ccc(N)c(C3=CCCCC3)c2)CC1. The first kappa shape index (κ1) is 19.0. The lowest BCUT2D eigenvalue weighted by Crippen LogP contribution is -2.40. The van der Waals surface area contributed by atoms with Gasteiger partial charge in [-0.2, -0.15) is 0 Å². The molecule has 0 unspecified atom stereocenters. The van der Waals surface area contributed by atoms with E-state index in [4.69, 9.17) is 5.73 Å². The third kappa shape index (κ3) is 4.67. The van der Waals surface area contributed by atoms with Gasteiger partial charge < -0.3 is 10.6 Å². The lowest BCUT2D eigenvalue weighted by Gasteiger charge is -2.32. The van der Waals surface area contributed by atoms with Gasteiger partial charge in [0.2, 0.25) is 5.91 Å². The van der Waals surface area contributed by atoms with E-state index in [1.165, 1.54) is 24.0 Å². The van der Waals surface area contributed by atoms with Gasteiger partial charge in [0.15, 0.2) is 9.84 Å². The van der Waals surface area contributed by atoms with E-state index in [0.717, 1.165) is 43.2 Å². The molecule has 1 heterocycles. The summed E-state index contributed by atoms with van der Waals surface area (Å²) in [7, 11) is -3.27. The fraction of sp³-hybridized carbons (Fsp3) is 0.550. The number of carbonyl (C=O) groups is 1. The average Bonchev–Trinajstić information content (AvgIpc) is 2.61. The second-order valence-electron chi connectivity index (χ2n) is 7.55. The molecule has 6 heteroatoms. The summed E-state index contributed by atoms with van der Waals surface area (Å²) in [6.07, 6.45) is 9.82. The fourth-order valence-electron chi connectivity index (χ4n) is 3.97. The van der Waals surface area contributed by atoms with Crippen molar-refractivity contribution in [2.24, 2.45) is 0 Å². The molecule has 1 fully saturated rings. The first-order valence-electron chi connectivity index (χ1n) is 9.38. The van der Waals surface area contributed by atoms with Gasteiger partial charge >= 0.3 is 0 Å². The minimum Gasteiger partial charge on any atom is -0.398 e. The topological polar surface area (TPSA) is 80.5 Å². The van der Waals surface area contributed by atoms with E-state index >= 15 is 0 Å². The number of allylic oxidation sites excluding steroid dienone is 2. The standard InChI is InChI=1S/C20H28N2O3S/c1-26(24,25)14-20(23)22-11-9-15(10-12-22)17-7-8-19(21)18(13-17)16-5-3-2-4-6-16/h5,7-8,13,15H,2-4,6,9-12,14,21H2,1H3.